The molecule has 0 spiro atoms. The first-order valence-electron chi connectivity index (χ1n) is 10.8. The summed E-state index contributed by atoms with van der Waals surface area (Å²) in [5.74, 6) is 2.63. The molecule has 0 radical (unpaired) electrons. The third-order valence-electron chi connectivity index (χ3n) is 6.42. The van der Waals surface area contributed by atoms with Gasteiger partial charge in [-0.2, -0.15) is 5.10 Å². The summed E-state index contributed by atoms with van der Waals surface area (Å²) in [6, 6.07) is 6.80. The second-order valence-electron chi connectivity index (χ2n) is 8.50. The monoisotopic (exact) mass is 425 g/mol. The number of nitrogens with zero attached hydrogens (tertiary/aromatic N) is 5. The van der Waals surface area contributed by atoms with Crippen LogP contribution in [-0.2, 0) is 33.0 Å². The van der Waals surface area contributed by atoms with Crippen molar-refractivity contribution in [2.75, 3.05) is 14.2 Å². The highest BCUT2D eigenvalue weighted by Crippen LogP contribution is 2.27. The molecular formula is C23H31N5O3. The fraction of sp³-hybridized carbons (Fsp3) is 0.522. The molecule has 0 fully saturated rings. The van der Waals surface area contributed by atoms with E-state index in [0.717, 1.165) is 72.9 Å². The molecule has 31 heavy (non-hydrogen) atoms. The van der Waals surface area contributed by atoms with Crippen molar-refractivity contribution in [3.8, 4) is 5.75 Å². The molecule has 1 aliphatic rings. The van der Waals surface area contributed by atoms with Crippen molar-refractivity contribution in [1.82, 2.24) is 24.4 Å². The SMILES string of the molecule is COc1ccc(CN(C)C2CCc3nn(C)c(=O)n3CC2)cc1Cc1c(C)noc1C. The van der Waals surface area contributed by atoms with E-state index in [1.54, 1.807) is 14.2 Å². The number of aryl methyl sites for hydroxylation is 4. The Morgan fingerprint density at radius 2 is 2.10 bits per heavy atom. The molecule has 0 saturated carbocycles. The molecule has 0 N–H and O–H groups in total. The maximum absolute atomic E-state index is 12.2. The van der Waals surface area contributed by atoms with E-state index in [0.29, 0.717) is 6.04 Å². The third-order valence-corrected chi connectivity index (χ3v) is 6.42. The van der Waals surface area contributed by atoms with Gasteiger partial charge in [-0.05, 0) is 50.9 Å². The van der Waals surface area contributed by atoms with E-state index >= 15 is 0 Å². The number of rotatable bonds is 6. The van der Waals surface area contributed by atoms with E-state index < -0.39 is 0 Å². The standard InChI is InChI=1S/C23H31N5O3/c1-15-20(16(2)31-25-15)13-18-12-17(6-8-21(18)30-5)14-26(3)19-7-9-22-24-27(4)23(29)28(22)11-10-19/h6,8,12,19H,7,9-11,13-14H2,1-5H3. The molecule has 0 bridgehead atoms. The van der Waals surface area contributed by atoms with Crippen LogP contribution in [0.2, 0.25) is 0 Å². The van der Waals surface area contributed by atoms with Gasteiger partial charge in [-0.1, -0.05) is 17.3 Å². The molecule has 2 aromatic heterocycles. The summed E-state index contributed by atoms with van der Waals surface area (Å²) in [5, 5.41) is 8.47. The van der Waals surface area contributed by atoms with Crippen LogP contribution in [0.25, 0.3) is 0 Å². The second kappa shape index (κ2) is 8.70. The van der Waals surface area contributed by atoms with E-state index in [-0.39, 0.29) is 5.69 Å². The van der Waals surface area contributed by atoms with Crippen LogP contribution in [0.4, 0.5) is 0 Å². The number of methoxy groups -OCH3 is 1. The Morgan fingerprint density at radius 1 is 1.29 bits per heavy atom. The minimum absolute atomic E-state index is 0.0163. The van der Waals surface area contributed by atoms with Gasteiger partial charge in [0.25, 0.3) is 0 Å². The zero-order valence-corrected chi connectivity index (χ0v) is 19.0. The summed E-state index contributed by atoms with van der Waals surface area (Å²) < 4.78 is 14.2. The Bertz CT molecular complexity index is 1110. The van der Waals surface area contributed by atoms with Crippen LogP contribution in [0.3, 0.4) is 0 Å². The van der Waals surface area contributed by atoms with E-state index in [2.05, 4.69) is 34.3 Å². The first kappa shape index (κ1) is 21.4. The first-order chi connectivity index (χ1) is 14.9. The Labute approximate surface area is 182 Å². The van der Waals surface area contributed by atoms with Gasteiger partial charge in [0.15, 0.2) is 0 Å². The minimum atomic E-state index is -0.0163. The highest BCUT2D eigenvalue weighted by atomic mass is 16.5. The molecule has 0 amide bonds. The van der Waals surface area contributed by atoms with Crippen LogP contribution >= 0.6 is 0 Å². The van der Waals surface area contributed by atoms with Gasteiger partial charge < -0.3 is 9.26 Å². The Hall–Kier alpha value is -2.87. The van der Waals surface area contributed by atoms with Crippen molar-refractivity contribution >= 4 is 0 Å². The molecule has 0 saturated heterocycles. The van der Waals surface area contributed by atoms with Crippen molar-refractivity contribution in [2.45, 2.75) is 58.7 Å². The maximum Gasteiger partial charge on any atom is 0.345 e. The summed E-state index contributed by atoms with van der Waals surface area (Å²) in [7, 11) is 5.59. The lowest BCUT2D eigenvalue weighted by Gasteiger charge is -2.27. The van der Waals surface area contributed by atoms with Crippen molar-refractivity contribution in [2.24, 2.45) is 7.05 Å². The van der Waals surface area contributed by atoms with Crippen LogP contribution in [0.5, 0.6) is 5.75 Å². The number of fused-ring (bicyclic) bond motifs is 1. The second-order valence-corrected chi connectivity index (χ2v) is 8.50. The molecule has 8 nitrogen and oxygen atoms in total. The Kier molecular flexibility index (Phi) is 6.00. The van der Waals surface area contributed by atoms with Gasteiger partial charge in [-0.15, -0.1) is 0 Å². The molecule has 8 heteroatoms. The number of benzene rings is 1. The largest absolute Gasteiger partial charge is 0.496 e. The smallest absolute Gasteiger partial charge is 0.345 e. The molecule has 1 unspecified atom stereocenters. The molecule has 1 aromatic carbocycles. The summed E-state index contributed by atoms with van der Waals surface area (Å²) >= 11 is 0. The van der Waals surface area contributed by atoms with Crippen LogP contribution in [-0.4, -0.2) is 44.6 Å². The van der Waals surface area contributed by atoms with Crippen LogP contribution in [0.1, 0.15) is 46.8 Å². The molecule has 1 atom stereocenters. The predicted molar refractivity (Wildman–Crippen MR) is 117 cm³/mol. The third kappa shape index (κ3) is 4.30. The van der Waals surface area contributed by atoms with Gasteiger partial charge >= 0.3 is 5.69 Å². The molecule has 3 heterocycles. The zero-order valence-electron chi connectivity index (χ0n) is 19.0. The van der Waals surface area contributed by atoms with Crippen molar-refractivity contribution < 1.29 is 9.26 Å². The summed E-state index contributed by atoms with van der Waals surface area (Å²) in [6.45, 7) is 5.48. The van der Waals surface area contributed by atoms with Crippen LogP contribution < -0.4 is 10.4 Å². The lowest BCUT2D eigenvalue weighted by Crippen LogP contribution is -2.32. The van der Waals surface area contributed by atoms with Crippen molar-refractivity contribution in [3.63, 3.8) is 0 Å². The molecule has 166 valence electrons. The van der Waals surface area contributed by atoms with Crippen molar-refractivity contribution in [3.05, 3.63) is 62.7 Å². The fourth-order valence-corrected chi connectivity index (χ4v) is 4.55. The Balaban J connectivity index is 1.48. The average Bonchev–Trinajstić information content (AvgIpc) is 3.10. The number of ether oxygens (including phenoxy) is 1. The highest BCUT2D eigenvalue weighted by molar-refractivity contribution is 5.41. The van der Waals surface area contributed by atoms with E-state index in [9.17, 15) is 4.79 Å². The molecule has 1 aliphatic heterocycles. The van der Waals surface area contributed by atoms with Crippen LogP contribution in [0.15, 0.2) is 27.5 Å². The van der Waals surface area contributed by atoms with Gasteiger partial charge in [0.1, 0.15) is 17.3 Å². The lowest BCUT2D eigenvalue weighted by atomic mass is 10.00. The van der Waals surface area contributed by atoms with Crippen LogP contribution in [0, 0.1) is 13.8 Å². The summed E-state index contributed by atoms with van der Waals surface area (Å²) in [4.78, 5) is 14.6. The highest BCUT2D eigenvalue weighted by Gasteiger charge is 2.23. The van der Waals surface area contributed by atoms with Gasteiger partial charge in [-0.3, -0.25) is 9.47 Å². The number of hydrogen-bond donors (Lipinski definition) is 0. The van der Waals surface area contributed by atoms with E-state index in [1.165, 1.54) is 10.2 Å². The maximum atomic E-state index is 12.2. The minimum Gasteiger partial charge on any atom is -0.496 e. The molecule has 0 aliphatic carbocycles. The first-order valence-corrected chi connectivity index (χ1v) is 10.8. The molecule has 3 aromatic rings. The topological polar surface area (TPSA) is 78.3 Å². The fourth-order valence-electron chi connectivity index (χ4n) is 4.55. The normalized spacial score (nSPS) is 16.4. The molecular weight excluding hydrogens is 394 g/mol. The predicted octanol–water partition coefficient (Wildman–Crippen LogP) is 2.62. The van der Waals surface area contributed by atoms with Gasteiger partial charge in [-0.25, -0.2) is 9.48 Å². The summed E-state index contributed by atoms with van der Waals surface area (Å²) in [5.41, 5.74) is 4.39. The quantitative estimate of drug-likeness (QED) is 0.604. The number of aromatic nitrogens is 4. The van der Waals surface area contributed by atoms with Gasteiger partial charge in [0.05, 0.1) is 12.8 Å². The van der Waals surface area contributed by atoms with Gasteiger partial charge in [0.2, 0.25) is 0 Å². The zero-order chi connectivity index (χ0) is 22.1. The summed E-state index contributed by atoms with van der Waals surface area (Å²) in [6.07, 6.45) is 3.49. The average molecular weight is 426 g/mol. The van der Waals surface area contributed by atoms with E-state index in [4.69, 9.17) is 9.26 Å². The molecule has 4 rings (SSSR count). The Morgan fingerprint density at radius 3 is 2.81 bits per heavy atom. The van der Waals surface area contributed by atoms with Gasteiger partial charge in [0, 0.05) is 44.6 Å². The number of hydrogen-bond acceptors (Lipinski definition) is 6. The van der Waals surface area contributed by atoms with Crippen molar-refractivity contribution in [1.29, 1.82) is 0 Å². The lowest BCUT2D eigenvalue weighted by molar-refractivity contribution is 0.210. The van der Waals surface area contributed by atoms with E-state index in [1.807, 2.05) is 24.5 Å².